The fraction of sp³-hybridized carbons (Fsp3) is 0.429. The molecule has 1 unspecified atom stereocenters. The molecule has 0 amide bonds. The van der Waals surface area contributed by atoms with Gasteiger partial charge in [0.2, 0.25) is 10.0 Å². The van der Waals surface area contributed by atoms with Gasteiger partial charge in [0.15, 0.2) is 0 Å². The largest absolute Gasteiger partial charge is 0.496 e. The maximum atomic E-state index is 12.6. The molecule has 1 fully saturated rings. The van der Waals surface area contributed by atoms with Gasteiger partial charge in [-0.1, -0.05) is 55.0 Å². The lowest BCUT2D eigenvalue weighted by molar-refractivity contribution is 0.162. The number of piperidine rings is 1. The van der Waals surface area contributed by atoms with Crippen LogP contribution in [0.4, 0.5) is 0 Å². The highest BCUT2D eigenvalue weighted by molar-refractivity contribution is 7.88. The van der Waals surface area contributed by atoms with Crippen molar-refractivity contribution in [3.8, 4) is 5.75 Å². The summed E-state index contributed by atoms with van der Waals surface area (Å²) in [4.78, 5) is 2.37. The minimum absolute atomic E-state index is 0.00746. The van der Waals surface area contributed by atoms with Crippen molar-refractivity contribution >= 4 is 10.0 Å². The maximum absolute atomic E-state index is 12.6. The van der Waals surface area contributed by atoms with E-state index in [4.69, 9.17) is 4.74 Å². The van der Waals surface area contributed by atoms with Crippen molar-refractivity contribution in [2.45, 2.75) is 31.1 Å². The molecule has 1 saturated heterocycles. The quantitative estimate of drug-likeness (QED) is 0.753. The van der Waals surface area contributed by atoms with Crippen molar-refractivity contribution in [3.05, 3.63) is 65.7 Å². The number of para-hydroxylation sites is 1. The number of nitrogens with one attached hydrogen (secondary N) is 1. The molecule has 0 aliphatic carbocycles. The summed E-state index contributed by atoms with van der Waals surface area (Å²) in [7, 11) is -1.76. The van der Waals surface area contributed by atoms with Crippen molar-refractivity contribution in [1.82, 2.24) is 9.62 Å². The highest BCUT2D eigenvalue weighted by Crippen LogP contribution is 2.31. The molecule has 27 heavy (non-hydrogen) atoms. The number of hydrogen-bond donors (Lipinski definition) is 1. The molecule has 3 rings (SSSR count). The first-order chi connectivity index (χ1) is 13.1. The molecule has 2 aromatic carbocycles. The van der Waals surface area contributed by atoms with E-state index in [-0.39, 0.29) is 11.8 Å². The first kappa shape index (κ1) is 19.9. The molecule has 0 aromatic heterocycles. The van der Waals surface area contributed by atoms with Gasteiger partial charge in [-0.2, -0.15) is 0 Å². The third kappa shape index (κ3) is 5.54. The molecule has 2 aromatic rings. The zero-order chi connectivity index (χ0) is 19.1. The van der Waals surface area contributed by atoms with Crippen LogP contribution in [0.15, 0.2) is 54.6 Å². The molecule has 1 aliphatic heterocycles. The van der Waals surface area contributed by atoms with Crippen LogP contribution in [0.2, 0.25) is 0 Å². The standard InChI is InChI=1S/C21H28N2O3S/c1-26-21-13-7-6-12-19(21)20(23-14-8-3-9-15-23)16-22-27(24,25)17-18-10-4-2-5-11-18/h2,4-7,10-13,20,22H,3,8-9,14-17H2,1H3. The third-order valence-corrected chi connectivity index (χ3v) is 6.35. The summed E-state index contributed by atoms with van der Waals surface area (Å²) < 4.78 is 33.6. The summed E-state index contributed by atoms with van der Waals surface area (Å²) in [5.74, 6) is 0.794. The first-order valence-corrected chi connectivity index (χ1v) is 11.1. The van der Waals surface area contributed by atoms with Crippen LogP contribution >= 0.6 is 0 Å². The van der Waals surface area contributed by atoms with Gasteiger partial charge < -0.3 is 4.74 Å². The molecule has 0 bridgehead atoms. The zero-order valence-electron chi connectivity index (χ0n) is 15.8. The number of likely N-dealkylation sites (tertiary alicyclic amines) is 1. The van der Waals surface area contributed by atoms with Gasteiger partial charge in [0, 0.05) is 12.1 Å². The average molecular weight is 389 g/mol. The lowest BCUT2D eigenvalue weighted by Gasteiger charge is -2.35. The third-order valence-electron chi connectivity index (χ3n) is 5.03. The van der Waals surface area contributed by atoms with Gasteiger partial charge in [-0.3, -0.25) is 4.90 Å². The van der Waals surface area contributed by atoms with E-state index in [1.54, 1.807) is 7.11 Å². The van der Waals surface area contributed by atoms with Crippen LogP contribution in [0, 0.1) is 0 Å². The SMILES string of the molecule is COc1ccccc1C(CNS(=O)(=O)Cc1ccccc1)N1CCCCC1. The highest BCUT2D eigenvalue weighted by Gasteiger charge is 2.26. The van der Waals surface area contributed by atoms with Gasteiger partial charge in [0.1, 0.15) is 5.75 Å². The number of sulfonamides is 1. The van der Waals surface area contributed by atoms with E-state index in [1.165, 1.54) is 6.42 Å². The van der Waals surface area contributed by atoms with Crippen LogP contribution in [-0.2, 0) is 15.8 Å². The van der Waals surface area contributed by atoms with E-state index in [2.05, 4.69) is 9.62 Å². The summed E-state index contributed by atoms with van der Waals surface area (Å²) in [6, 6.07) is 17.1. The van der Waals surface area contributed by atoms with Gasteiger partial charge in [-0.05, 0) is 37.6 Å². The number of benzene rings is 2. The molecule has 5 nitrogen and oxygen atoms in total. The van der Waals surface area contributed by atoms with Gasteiger partial charge >= 0.3 is 0 Å². The average Bonchev–Trinajstić information content (AvgIpc) is 2.69. The van der Waals surface area contributed by atoms with E-state index in [0.29, 0.717) is 6.54 Å². The summed E-state index contributed by atoms with van der Waals surface area (Å²) in [6.07, 6.45) is 3.51. The molecule has 1 aliphatic rings. The van der Waals surface area contributed by atoms with Gasteiger partial charge in [-0.15, -0.1) is 0 Å². The summed E-state index contributed by atoms with van der Waals surface area (Å²) in [6.45, 7) is 2.29. The van der Waals surface area contributed by atoms with Gasteiger partial charge in [0.25, 0.3) is 0 Å². The Morgan fingerprint density at radius 2 is 1.67 bits per heavy atom. The Bertz CT molecular complexity index is 818. The Kier molecular flexibility index (Phi) is 6.88. The topological polar surface area (TPSA) is 58.6 Å². The molecule has 1 heterocycles. The number of rotatable bonds is 8. The fourth-order valence-electron chi connectivity index (χ4n) is 3.66. The predicted octanol–water partition coefficient (Wildman–Crippen LogP) is 3.34. The minimum atomic E-state index is -3.41. The number of ether oxygens (including phenoxy) is 1. The molecule has 0 spiro atoms. The van der Waals surface area contributed by atoms with Crippen LogP contribution < -0.4 is 9.46 Å². The second kappa shape index (κ2) is 9.35. The normalized spacial score (nSPS) is 16.8. The summed E-state index contributed by atoms with van der Waals surface area (Å²) in [5, 5.41) is 0. The van der Waals surface area contributed by atoms with Gasteiger partial charge in [0.05, 0.1) is 18.9 Å². The molecule has 1 atom stereocenters. The van der Waals surface area contributed by atoms with Gasteiger partial charge in [-0.25, -0.2) is 13.1 Å². The van der Waals surface area contributed by atoms with Crippen molar-refractivity contribution in [3.63, 3.8) is 0 Å². The Labute approximate surface area is 162 Å². The van der Waals surface area contributed by atoms with Crippen molar-refractivity contribution in [2.24, 2.45) is 0 Å². The van der Waals surface area contributed by atoms with E-state index >= 15 is 0 Å². The number of methoxy groups -OCH3 is 1. The van der Waals surface area contributed by atoms with Crippen LogP contribution in [0.25, 0.3) is 0 Å². The maximum Gasteiger partial charge on any atom is 0.215 e. The smallest absolute Gasteiger partial charge is 0.215 e. The second-order valence-electron chi connectivity index (χ2n) is 6.95. The fourth-order valence-corrected chi connectivity index (χ4v) is 4.80. The number of nitrogens with zero attached hydrogens (tertiary/aromatic N) is 1. The zero-order valence-corrected chi connectivity index (χ0v) is 16.6. The van der Waals surface area contributed by atoms with Crippen molar-refractivity contribution < 1.29 is 13.2 Å². The summed E-state index contributed by atoms with van der Waals surface area (Å²) >= 11 is 0. The van der Waals surface area contributed by atoms with Crippen molar-refractivity contribution in [2.75, 3.05) is 26.7 Å². The monoisotopic (exact) mass is 388 g/mol. The molecule has 0 saturated carbocycles. The van der Waals surface area contributed by atoms with E-state index in [0.717, 1.165) is 42.8 Å². The summed E-state index contributed by atoms with van der Waals surface area (Å²) in [5.41, 5.74) is 1.82. The first-order valence-electron chi connectivity index (χ1n) is 9.47. The Hall–Kier alpha value is -1.89. The van der Waals surface area contributed by atoms with Crippen LogP contribution in [-0.4, -0.2) is 40.1 Å². The van der Waals surface area contributed by atoms with Crippen LogP contribution in [0.3, 0.4) is 0 Å². The van der Waals surface area contributed by atoms with Crippen LogP contribution in [0.1, 0.15) is 36.4 Å². The molecular formula is C21H28N2O3S. The lowest BCUT2D eigenvalue weighted by Crippen LogP contribution is -2.41. The second-order valence-corrected chi connectivity index (χ2v) is 8.75. The van der Waals surface area contributed by atoms with E-state index in [9.17, 15) is 8.42 Å². The van der Waals surface area contributed by atoms with E-state index < -0.39 is 10.0 Å². The Morgan fingerprint density at radius 1 is 1.00 bits per heavy atom. The molecule has 146 valence electrons. The molecule has 1 N–H and O–H groups in total. The lowest BCUT2D eigenvalue weighted by atomic mass is 10.0. The van der Waals surface area contributed by atoms with E-state index in [1.807, 2.05) is 54.6 Å². The predicted molar refractivity (Wildman–Crippen MR) is 108 cm³/mol. The number of hydrogen-bond acceptors (Lipinski definition) is 4. The highest BCUT2D eigenvalue weighted by atomic mass is 32.2. The van der Waals surface area contributed by atoms with Crippen molar-refractivity contribution in [1.29, 1.82) is 0 Å². The molecule has 0 radical (unpaired) electrons. The molecular weight excluding hydrogens is 360 g/mol. The Balaban J connectivity index is 1.77. The Morgan fingerprint density at radius 3 is 2.37 bits per heavy atom. The van der Waals surface area contributed by atoms with Crippen LogP contribution in [0.5, 0.6) is 5.75 Å². The minimum Gasteiger partial charge on any atom is -0.496 e. The molecule has 6 heteroatoms.